The van der Waals surface area contributed by atoms with Crippen LogP contribution in [0.3, 0.4) is 0 Å². The maximum Gasteiger partial charge on any atom is 0.317 e. The lowest BCUT2D eigenvalue weighted by atomic mass is 10.1. The van der Waals surface area contributed by atoms with Gasteiger partial charge in [0.2, 0.25) is 0 Å². The van der Waals surface area contributed by atoms with Gasteiger partial charge in [-0.3, -0.25) is 4.79 Å². The third kappa shape index (κ3) is 5.36. The minimum Gasteiger partial charge on any atom is -0.481 e. The zero-order valence-corrected chi connectivity index (χ0v) is 12.8. The van der Waals surface area contributed by atoms with Gasteiger partial charge in [0, 0.05) is 25.7 Å². The van der Waals surface area contributed by atoms with Crippen molar-refractivity contribution in [3.8, 4) is 0 Å². The first-order chi connectivity index (χ1) is 9.43. The number of carbonyl (C=O) groups is 2. The van der Waals surface area contributed by atoms with Crippen LogP contribution in [0.5, 0.6) is 0 Å². The van der Waals surface area contributed by atoms with Gasteiger partial charge in [-0.05, 0) is 32.9 Å². The Labute approximate surface area is 121 Å². The molecule has 116 valence electrons. The van der Waals surface area contributed by atoms with E-state index in [4.69, 9.17) is 5.11 Å². The normalized spacial score (nSPS) is 20.6. The lowest BCUT2D eigenvalue weighted by molar-refractivity contribution is -0.137. The molecule has 0 bridgehead atoms. The first kappa shape index (κ1) is 16.8. The van der Waals surface area contributed by atoms with Crippen molar-refractivity contribution < 1.29 is 14.7 Å². The van der Waals surface area contributed by atoms with E-state index in [1.165, 1.54) is 6.42 Å². The molecule has 0 aromatic heterocycles. The molecule has 0 aliphatic carbocycles. The summed E-state index contributed by atoms with van der Waals surface area (Å²) in [5, 5.41) is 11.7. The zero-order chi connectivity index (χ0) is 15.1. The van der Waals surface area contributed by atoms with E-state index in [0.29, 0.717) is 19.0 Å². The monoisotopic (exact) mass is 285 g/mol. The lowest BCUT2D eigenvalue weighted by Gasteiger charge is -2.27. The molecule has 20 heavy (non-hydrogen) atoms. The molecule has 6 nitrogen and oxygen atoms in total. The van der Waals surface area contributed by atoms with E-state index in [-0.39, 0.29) is 18.5 Å². The summed E-state index contributed by atoms with van der Waals surface area (Å²) in [4.78, 5) is 26.8. The quantitative estimate of drug-likeness (QED) is 0.741. The number of carbonyl (C=O) groups excluding carboxylic acids is 1. The van der Waals surface area contributed by atoms with Gasteiger partial charge >= 0.3 is 12.0 Å². The van der Waals surface area contributed by atoms with Crippen molar-refractivity contribution in [2.75, 3.05) is 27.2 Å². The van der Waals surface area contributed by atoms with Crippen LogP contribution in [0, 0.1) is 0 Å². The third-order valence-electron chi connectivity index (χ3n) is 3.89. The summed E-state index contributed by atoms with van der Waals surface area (Å²) in [6.07, 6.45) is 3.81. The van der Waals surface area contributed by atoms with Crippen molar-refractivity contribution in [2.24, 2.45) is 0 Å². The molecule has 0 aromatic rings. The number of aliphatic carboxylic acids is 1. The molecule has 2 unspecified atom stereocenters. The molecule has 1 fully saturated rings. The van der Waals surface area contributed by atoms with Crippen molar-refractivity contribution in [1.82, 2.24) is 15.1 Å². The maximum absolute atomic E-state index is 12.1. The van der Waals surface area contributed by atoms with Crippen LogP contribution < -0.4 is 5.32 Å². The summed E-state index contributed by atoms with van der Waals surface area (Å²) in [7, 11) is 3.85. The zero-order valence-electron chi connectivity index (χ0n) is 12.8. The molecule has 0 saturated carbocycles. The third-order valence-corrected chi connectivity index (χ3v) is 3.89. The fourth-order valence-electron chi connectivity index (χ4n) is 2.68. The minimum atomic E-state index is -0.873. The number of rotatable bonds is 7. The molecule has 6 heteroatoms. The van der Waals surface area contributed by atoms with Crippen LogP contribution in [0.15, 0.2) is 0 Å². The van der Waals surface area contributed by atoms with E-state index in [0.717, 1.165) is 19.4 Å². The first-order valence-electron chi connectivity index (χ1n) is 7.37. The standard InChI is InChI=1S/C14H27N3O3/c1-4-6-11(9-13(18)19)15-14(20)17(3)10-12-7-5-8-16(12)2/h11-12H,4-10H2,1-3H3,(H,15,20)(H,18,19). The Morgan fingerprint density at radius 1 is 1.50 bits per heavy atom. The highest BCUT2D eigenvalue weighted by atomic mass is 16.4. The van der Waals surface area contributed by atoms with Gasteiger partial charge in [0.1, 0.15) is 0 Å². The Balaban J connectivity index is 2.43. The first-order valence-corrected chi connectivity index (χ1v) is 7.37. The van der Waals surface area contributed by atoms with Gasteiger partial charge < -0.3 is 20.2 Å². The second-order valence-electron chi connectivity index (χ2n) is 5.69. The Hall–Kier alpha value is -1.30. The van der Waals surface area contributed by atoms with Gasteiger partial charge in [-0.1, -0.05) is 13.3 Å². The molecular formula is C14H27N3O3. The van der Waals surface area contributed by atoms with Crippen LogP contribution >= 0.6 is 0 Å². The molecule has 2 N–H and O–H groups in total. The number of carboxylic acid groups (broad SMARTS) is 1. The van der Waals surface area contributed by atoms with Crippen LogP contribution in [-0.2, 0) is 4.79 Å². The lowest BCUT2D eigenvalue weighted by Crippen LogP contribution is -2.47. The smallest absolute Gasteiger partial charge is 0.317 e. The van der Waals surface area contributed by atoms with Crippen LogP contribution in [0.4, 0.5) is 4.79 Å². The largest absolute Gasteiger partial charge is 0.481 e. The van der Waals surface area contributed by atoms with Crippen LogP contribution in [0.1, 0.15) is 39.0 Å². The SMILES string of the molecule is CCCC(CC(=O)O)NC(=O)N(C)CC1CCCN1C. The summed E-state index contributed by atoms with van der Waals surface area (Å²) in [6.45, 7) is 3.75. The molecule has 1 saturated heterocycles. The van der Waals surface area contributed by atoms with Gasteiger partial charge in [-0.15, -0.1) is 0 Å². The molecule has 1 rings (SSSR count). The highest BCUT2D eigenvalue weighted by Gasteiger charge is 2.25. The Morgan fingerprint density at radius 3 is 2.70 bits per heavy atom. The summed E-state index contributed by atoms with van der Waals surface area (Å²) in [6, 6.07) is -0.0476. The molecule has 0 radical (unpaired) electrons. The fourth-order valence-corrected chi connectivity index (χ4v) is 2.68. The molecule has 0 aromatic carbocycles. The molecule has 0 spiro atoms. The minimum absolute atomic E-state index is 0.0171. The average molecular weight is 285 g/mol. The van der Waals surface area contributed by atoms with Crippen LogP contribution in [0.25, 0.3) is 0 Å². The fraction of sp³-hybridized carbons (Fsp3) is 0.857. The molecule has 2 amide bonds. The van der Waals surface area contributed by atoms with E-state index >= 15 is 0 Å². The molecule has 1 aliphatic heterocycles. The van der Waals surface area contributed by atoms with Gasteiger partial charge in [0.05, 0.1) is 6.42 Å². The second kappa shape index (κ2) is 8.09. The number of nitrogens with one attached hydrogen (secondary N) is 1. The van der Waals surface area contributed by atoms with Crippen molar-refractivity contribution in [3.05, 3.63) is 0 Å². The van der Waals surface area contributed by atoms with Crippen molar-refractivity contribution in [1.29, 1.82) is 0 Å². The maximum atomic E-state index is 12.1. The number of nitrogens with zero attached hydrogens (tertiary/aromatic N) is 2. The summed E-state index contributed by atoms with van der Waals surface area (Å²) in [5.41, 5.74) is 0. The van der Waals surface area contributed by atoms with Crippen LogP contribution in [-0.4, -0.2) is 66.2 Å². The van der Waals surface area contributed by atoms with E-state index < -0.39 is 5.97 Å². The topological polar surface area (TPSA) is 72.9 Å². The number of amides is 2. The predicted molar refractivity (Wildman–Crippen MR) is 77.8 cm³/mol. The molecule has 1 heterocycles. The number of carboxylic acids is 1. The number of likely N-dealkylation sites (N-methyl/N-ethyl adjacent to an activating group) is 2. The van der Waals surface area contributed by atoms with Crippen molar-refractivity contribution in [3.63, 3.8) is 0 Å². The molecular weight excluding hydrogens is 258 g/mol. The number of likely N-dealkylation sites (tertiary alicyclic amines) is 1. The van der Waals surface area contributed by atoms with Gasteiger partial charge in [0.25, 0.3) is 0 Å². The summed E-state index contributed by atoms with van der Waals surface area (Å²) >= 11 is 0. The highest BCUT2D eigenvalue weighted by Crippen LogP contribution is 2.15. The summed E-state index contributed by atoms with van der Waals surface area (Å²) in [5.74, 6) is -0.873. The van der Waals surface area contributed by atoms with Gasteiger partial charge in [-0.2, -0.15) is 0 Å². The predicted octanol–water partition coefficient (Wildman–Crippen LogP) is 1.37. The van der Waals surface area contributed by atoms with Crippen molar-refractivity contribution in [2.45, 2.75) is 51.1 Å². The Kier molecular flexibility index (Phi) is 6.78. The second-order valence-corrected chi connectivity index (χ2v) is 5.69. The molecule has 2 atom stereocenters. The number of hydrogen-bond acceptors (Lipinski definition) is 3. The van der Waals surface area contributed by atoms with E-state index in [2.05, 4.69) is 17.3 Å². The highest BCUT2D eigenvalue weighted by molar-refractivity contribution is 5.75. The van der Waals surface area contributed by atoms with E-state index in [9.17, 15) is 9.59 Å². The van der Waals surface area contributed by atoms with Crippen molar-refractivity contribution >= 4 is 12.0 Å². The number of urea groups is 1. The average Bonchev–Trinajstić information content (AvgIpc) is 2.74. The Morgan fingerprint density at radius 2 is 2.20 bits per heavy atom. The van der Waals surface area contributed by atoms with Gasteiger partial charge in [-0.25, -0.2) is 4.79 Å². The van der Waals surface area contributed by atoms with Gasteiger partial charge in [0.15, 0.2) is 0 Å². The Bertz CT molecular complexity index is 336. The van der Waals surface area contributed by atoms with Crippen LogP contribution in [0.2, 0.25) is 0 Å². The van der Waals surface area contributed by atoms with E-state index in [1.54, 1.807) is 11.9 Å². The number of hydrogen-bond donors (Lipinski definition) is 2. The van der Waals surface area contributed by atoms with E-state index in [1.807, 2.05) is 6.92 Å². The molecule has 1 aliphatic rings. The summed E-state index contributed by atoms with van der Waals surface area (Å²) < 4.78 is 0.